The van der Waals surface area contributed by atoms with E-state index in [-0.39, 0.29) is 5.91 Å². The SMILES string of the molecule is CC1CCCN1C(=O)c1ccc2c(c1)NCC2. The zero-order valence-electron chi connectivity index (χ0n) is 10.2. The molecule has 0 spiro atoms. The van der Waals surface area contributed by atoms with Gasteiger partial charge in [-0.1, -0.05) is 6.07 Å². The topological polar surface area (TPSA) is 32.3 Å². The second-order valence-corrected chi connectivity index (χ2v) is 5.04. The normalized spacial score (nSPS) is 22.4. The van der Waals surface area contributed by atoms with E-state index in [0.29, 0.717) is 6.04 Å². The van der Waals surface area contributed by atoms with E-state index in [2.05, 4.69) is 18.3 Å². The van der Waals surface area contributed by atoms with E-state index in [4.69, 9.17) is 0 Å². The molecular weight excluding hydrogens is 212 g/mol. The zero-order valence-corrected chi connectivity index (χ0v) is 10.2. The van der Waals surface area contributed by atoms with Gasteiger partial charge in [0.25, 0.3) is 5.91 Å². The molecule has 2 aliphatic heterocycles. The molecule has 1 N–H and O–H groups in total. The van der Waals surface area contributed by atoms with Crippen molar-refractivity contribution in [3.05, 3.63) is 29.3 Å². The molecule has 3 heteroatoms. The number of hydrogen-bond acceptors (Lipinski definition) is 2. The first kappa shape index (κ1) is 10.6. The third kappa shape index (κ3) is 1.79. The molecule has 1 amide bonds. The van der Waals surface area contributed by atoms with Crippen molar-refractivity contribution in [2.45, 2.75) is 32.2 Å². The summed E-state index contributed by atoms with van der Waals surface area (Å²) in [5, 5.41) is 3.33. The Kier molecular flexibility index (Phi) is 2.54. The lowest BCUT2D eigenvalue weighted by Gasteiger charge is -2.21. The molecule has 1 atom stereocenters. The molecule has 0 aliphatic carbocycles. The van der Waals surface area contributed by atoms with Crippen molar-refractivity contribution < 1.29 is 4.79 Å². The van der Waals surface area contributed by atoms with E-state index in [1.807, 2.05) is 17.0 Å². The van der Waals surface area contributed by atoms with Gasteiger partial charge in [0.1, 0.15) is 0 Å². The number of hydrogen-bond donors (Lipinski definition) is 1. The summed E-state index contributed by atoms with van der Waals surface area (Å²) in [5.41, 5.74) is 3.30. The van der Waals surface area contributed by atoms with Crippen LogP contribution < -0.4 is 5.32 Å². The zero-order chi connectivity index (χ0) is 11.8. The highest BCUT2D eigenvalue weighted by molar-refractivity contribution is 5.95. The van der Waals surface area contributed by atoms with Crippen LogP contribution in [-0.2, 0) is 6.42 Å². The van der Waals surface area contributed by atoms with Crippen molar-refractivity contribution in [3.63, 3.8) is 0 Å². The molecule has 3 nitrogen and oxygen atoms in total. The summed E-state index contributed by atoms with van der Waals surface area (Å²) >= 11 is 0. The summed E-state index contributed by atoms with van der Waals surface area (Å²) in [6, 6.07) is 6.46. The van der Waals surface area contributed by atoms with Gasteiger partial charge in [0, 0.05) is 30.4 Å². The number of fused-ring (bicyclic) bond motifs is 1. The molecule has 3 rings (SSSR count). The number of benzene rings is 1. The minimum absolute atomic E-state index is 0.187. The minimum Gasteiger partial charge on any atom is -0.384 e. The van der Waals surface area contributed by atoms with Gasteiger partial charge in [-0.25, -0.2) is 0 Å². The fourth-order valence-corrected chi connectivity index (χ4v) is 2.82. The van der Waals surface area contributed by atoms with Crippen molar-refractivity contribution in [1.82, 2.24) is 4.90 Å². The van der Waals surface area contributed by atoms with E-state index >= 15 is 0 Å². The quantitative estimate of drug-likeness (QED) is 0.802. The summed E-state index contributed by atoms with van der Waals surface area (Å²) in [6.45, 7) is 4.04. The maximum absolute atomic E-state index is 12.4. The van der Waals surface area contributed by atoms with Crippen molar-refractivity contribution >= 4 is 11.6 Å². The lowest BCUT2D eigenvalue weighted by atomic mass is 10.1. The van der Waals surface area contributed by atoms with Crippen LogP contribution in [0.1, 0.15) is 35.7 Å². The monoisotopic (exact) mass is 230 g/mol. The average Bonchev–Trinajstić information content (AvgIpc) is 2.95. The summed E-state index contributed by atoms with van der Waals surface area (Å²) in [5.74, 6) is 0.187. The Morgan fingerprint density at radius 3 is 3.12 bits per heavy atom. The lowest BCUT2D eigenvalue weighted by molar-refractivity contribution is 0.0747. The molecule has 2 heterocycles. The van der Waals surface area contributed by atoms with Gasteiger partial charge in [-0.05, 0) is 43.9 Å². The Bertz CT molecular complexity index is 456. The number of rotatable bonds is 1. The van der Waals surface area contributed by atoms with E-state index in [1.54, 1.807) is 0 Å². The first-order chi connectivity index (χ1) is 8.25. The predicted octanol–water partition coefficient (Wildman–Crippen LogP) is 2.28. The average molecular weight is 230 g/mol. The summed E-state index contributed by atoms with van der Waals surface area (Å²) in [6.07, 6.45) is 3.34. The van der Waals surface area contributed by atoms with Gasteiger partial charge in [-0.3, -0.25) is 4.79 Å². The summed E-state index contributed by atoms with van der Waals surface area (Å²) in [7, 11) is 0. The maximum atomic E-state index is 12.4. The smallest absolute Gasteiger partial charge is 0.254 e. The molecular formula is C14H18N2O. The Hall–Kier alpha value is -1.51. The highest BCUT2D eigenvalue weighted by Crippen LogP contribution is 2.25. The van der Waals surface area contributed by atoms with E-state index in [9.17, 15) is 4.79 Å². The largest absolute Gasteiger partial charge is 0.384 e. The van der Waals surface area contributed by atoms with Crippen LogP contribution in [0.3, 0.4) is 0 Å². The van der Waals surface area contributed by atoms with E-state index in [0.717, 1.165) is 43.6 Å². The van der Waals surface area contributed by atoms with Crippen molar-refractivity contribution in [2.24, 2.45) is 0 Å². The highest BCUT2D eigenvalue weighted by Gasteiger charge is 2.26. The molecule has 0 bridgehead atoms. The molecule has 1 fully saturated rings. The third-order valence-electron chi connectivity index (χ3n) is 3.88. The number of likely N-dealkylation sites (tertiary alicyclic amines) is 1. The standard InChI is InChI=1S/C14H18N2O/c1-10-3-2-8-16(10)14(17)12-5-4-11-6-7-15-13(11)9-12/h4-5,9-10,15H,2-3,6-8H2,1H3. The van der Waals surface area contributed by atoms with Crippen molar-refractivity contribution in [3.8, 4) is 0 Å². The Morgan fingerprint density at radius 1 is 1.47 bits per heavy atom. The number of carbonyl (C=O) groups excluding carboxylic acids is 1. The molecule has 90 valence electrons. The molecule has 17 heavy (non-hydrogen) atoms. The van der Waals surface area contributed by atoms with Gasteiger partial charge in [-0.2, -0.15) is 0 Å². The molecule has 1 saturated heterocycles. The fourth-order valence-electron chi connectivity index (χ4n) is 2.82. The van der Waals surface area contributed by atoms with Crippen LogP contribution in [0, 0.1) is 0 Å². The molecule has 0 saturated carbocycles. The predicted molar refractivity (Wildman–Crippen MR) is 68.4 cm³/mol. The van der Waals surface area contributed by atoms with Crippen LogP contribution in [0.4, 0.5) is 5.69 Å². The van der Waals surface area contributed by atoms with Gasteiger partial charge in [0.15, 0.2) is 0 Å². The summed E-state index contributed by atoms with van der Waals surface area (Å²) in [4.78, 5) is 14.4. The van der Waals surface area contributed by atoms with E-state index in [1.165, 1.54) is 5.56 Å². The van der Waals surface area contributed by atoms with Gasteiger partial charge in [-0.15, -0.1) is 0 Å². The Morgan fingerprint density at radius 2 is 2.35 bits per heavy atom. The second-order valence-electron chi connectivity index (χ2n) is 5.04. The first-order valence-electron chi connectivity index (χ1n) is 6.43. The molecule has 2 aliphatic rings. The van der Waals surface area contributed by atoms with Gasteiger partial charge in [0.05, 0.1) is 0 Å². The van der Waals surface area contributed by atoms with E-state index < -0.39 is 0 Å². The number of anilines is 1. The number of nitrogens with one attached hydrogen (secondary N) is 1. The summed E-state index contributed by atoms with van der Waals surface area (Å²) < 4.78 is 0. The number of nitrogens with zero attached hydrogens (tertiary/aromatic N) is 1. The highest BCUT2D eigenvalue weighted by atomic mass is 16.2. The molecule has 1 aromatic carbocycles. The minimum atomic E-state index is 0.187. The van der Waals surface area contributed by atoms with Crippen LogP contribution in [0.25, 0.3) is 0 Å². The Labute approximate surface area is 102 Å². The first-order valence-corrected chi connectivity index (χ1v) is 6.43. The van der Waals surface area contributed by atoms with Crippen LogP contribution in [0.2, 0.25) is 0 Å². The fraction of sp³-hybridized carbons (Fsp3) is 0.500. The lowest BCUT2D eigenvalue weighted by Crippen LogP contribution is -2.33. The molecule has 0 aromatic heterocycles. The van der Waals surface area contributed by atoms with Crippen LogP contribution >= 0.6 is 0 Å². The van der Waals surface area contributed by atoms with Gasteiger partial charge >= 0.3 is 0 Å². The number of amides is 1. The molecule has 0 radical (unpaired) electrons. The maximum Gasteiger partial charge on any atom is 0.254 e. The molecule has 1 aromatic rings. The van der Waals surface area contributed by atoms with Crippen LogP contribution in [0.5, 0.6) is 0 Å². The van der Waals surface area contributed by atoms with Crippen LogP contribution in [-0.4, -0.2) is 29.9 Å². The van der Waals surface area contributed by atoms with Crippen molar-refractivity contribution in [1.29, 1.82) is 0 Å². The van der Waals surface area contributed by atoms with Gasteiger partial charge in [0.2, 0.25) is 0 Å². The van der Waals surface area contributed by atoms with Crippen molar-refractivity contribution in [2.75, 3.05) is 18.4 Å². The molecule has 1 unspecified atom stereocenters. The second kappa shape index (κ2) is 4.06. The Balaban J connectivity index is 1.86. The van der Waals surface area contributed by atoms with Crippen LogP contribution in [0.15, 0.2) is 18.2 Å². The number of carbonyl (C=O) groups is 1. The third-order valence-corrected chi connectivity index (χ3v) is 3.88. The van der Waals surface area contributed by atoms with Gasteiger partial charge < -0.3 is 10.2 Å².